The number of halogens is 2. The van der Waals surface area contributed by atoms with Gasteiger partial charge < -0.3 is 4.40 Å². The second-order valence-electron chi connectivity index (χ2n) is 3.72. The Hall–Kier alpha value is -1.03. The van der Waals surface area contributed by atoms with Crippen molar-refractivity contribution in [3.63, 3.8) is 0 Å². The molecule has 0 unspecified atom stereocenters. The lowest BCUT2D eigenvalue weighted by atomic mass is 10.3. The number of rotatable bonds is 1. The second kappa shape index (κ2) is 4.02. The molecule has 0 aliphatic rings. The first-order chi connectivity index (χ1) is 8.16. The van der Waals surface area contributed by atoms with Crippen LogP contribution in [-0.2, 0) is 0 Å². The molecule has 0 saturated heterocycles. The molecule has 0 spiro atoms. The van der Waals surface area contributed by atoms with Crippen LogP contribution in [0.25, 0.3) is 16.2 Å². The lowest BCUT2D eigenvalue weighted by Gasteiger charge is -1.99. The van der Waals surface area contributed by atoms with Crippen LogP contribution in [0.15, 0.2) is 29.8 Å². The summed E-state index contributed by atoms with van der Waals surface area (Å²) in [5.41, 5.74) is 2.76. The first kappa shape index (κ1) is 11.1. The highest BCUT2D eigenvalue weighted by atomic mass is 35.5. The standard InChI is InChI=1S/C12H8Cl2N2S/c1-7-11(10-3-2-4-17-10)15-12-9(14)5-8(13)6-16(7)12/h2-6H,1H3. The predicted molar refractivity (Wildman–Crippen MR) is 73.3 cm³/mol. The molecular weight excluding hydrogens is 275 g/mol. The smallest absolute Gasteiger partial charge is 0.156 e. The Labute approximate surface area is 112 Å². The normalized spacial score (nSPS) is 11.2. The molecule has 0 amide bonds. The van der Waals surface area contributed by atoms with Gasteiger partial charge in [-0.05, 0) is 24.4 Å². The number of hydrogen-bond acceptors (Lipinski definition) is 2. The lowest BCUT2D eigenvalue weighted by molar-refractivity contribution is 1.11. The van der Waals surface area contributed by atoms with Crippen LogP contribution >= 0.6 is 34.5 Å². The van der Waals surface area contributed by atoms with Crippen molar-refractivity contribution in [2.75, 3.05) is 0 Å². The Kier molecular flexibility index (Phi) is 2.62. The minimum Gasteiger partial charge on any atom is -0.301 e. The van der Waals surface area contributed by atoms with Gasteiger partial charge in [-0.3, -0.25) is 0 Å². The van der Waals surface area contributed by atoms with Crippen LogP contribution in [-0.4, -0.2) is 9.38 Å². The number of aryl methyl sites for hydroxylation is 1. The van der Waals surface area contributed by atoms with Crippen molar-refractivity contribution in [2.24, 2.45) is 0 Å². The van der Waals surface area contributed by atoms with Gasteiger partial charge in [0.2, 0.25) is 0 Å². The molecule has 0 aromatic carbocycles. The summed E-state index contributed by atoms with van der Waals surface area (Å²) in [5, 5.41) is 3.22. The van der Waals surface area contributed by atoms with Crippen LogP contribution in [0.5, 0.6) is 0 Å². The molecule has 3 heterocycles. The van der Waals surface area contributed by atoms with Crippen LogP contribution in [0.1, 0.15) is 5.69 Å². The lowest BCUT2D eigenvalue weighted by Crippen LogP contribution is -1.87. The Bertz CT molecular complexity index is 686. The topological polar surface area (TPSA) is 17.3 Å². The van der Waals surface area contributed by atoms with Crippen molar-refractivity contribution in [1.82, 2.24) is 9.38 Å². The summed E-state index contributed by atoms with van der Waals surface area (Å²) in [7, 11) is 0. The SMILES string of the molecule is Cc1c(-c2cccs2)nc2c(Cl)cc(Cl)cn12. The maximum atomic E-state index is 6.14. The van der Waals surface area contributed by atoms with Crippen LogP contribution in [0.4, 0.5) is 0 Å². The van der Waals surface area contributed by atoms with Crippen molar-refractivity contribution in [1.29, 1.82) is 0 Å². The molecular formula is C12H8Cl2N2S. The van der Waals surface area contributed by atoms with E-state index in [1.807, 2.05) is 29.0 Å². The Morgan fingerprint density at radius 3 is 2.88 bits per heavy atom. The molecule has 2 nitrogen and oxygen atoms in total. The Morgan fingerprint density at radius 2 is 2.18 bits per heavy atom. The predicted octanol–water partition coefficient (Wildman–Crippen LogP) is 4.68. The summed E-state index contributed by atoms with van der Waals surface area (Å²) in [6, 6.07) is 5.77. The number of nitrogens with zero attached hydrogens (tertiary/aromatic N) is 2. The van der Waals surface area contributed by atoms with E-state index in [9.17, 15) is 0 Å². The summed E-state index contributed by atoms with van der Waals surface area (Å²) in [4.78, 5) is 5.72. The van der Waals surface area contributed by atoms with Gasteiger partial charge in [0.05, 0.1) is 14.9 Å². The first-order valence-electron chi connectivity index (χ1n) is 5.04. The number of imidazole rings is 1. The van der Waals surface area contributed by atoms with E-state index in [0.717, 1.165) is 21.9 Å². The molecule has 0 aliphatic heterocycles. The molecule has 86 valence electrons. The van der Waals surface area contributed by atoms with E-state index in [1.165, 1.54) is 0 Å². The third kappa shape index (κ3) is 1.75. The van der Waals surface area contributed by atoms with Gasteiger partial charge >= 0.3 is 0 Å². The molecule has 5 heteroatoms. The Balaban J connectivity index is 2.36. The fraction of sp³-hybridized carbons (Fsp3) is 0.0833. The molecule has 0 aliphatic carbocycles. The van der Waals surface area contributed by atoms with E-state index < -0.39 is 0 Å². The largest absolute Gasteiger partial charge is 0.301 e. The minimum atomic E-state index is 0.573. The highest BCUT2D eigenvalue weighted by Crippen LogP contribution is 2.31. The average Bonchev–Trinajstić information content (AvgIpc) is 2.87. The van der Waals surface area contributed by atoms with Crippen LogP contribution in [0.3, 0.4) is 0 Å². The number of hydrogen-bond donors (Lipinski definition) is 0. The quantitative estimate of drug-likeness (QED) is 0.634. The third-order valence-corrected chi connectivity index (χ3v) is 4.00. The number of aromatic nitrogens is 2. The highest BCUT2D eigenvalue weighted by Gasteiger charge is 2.13. The number of thiophene rings is 1. The van der Waals surface area contributed by atoms with Crippen molar-refractivity contribution in [3.05, 3.63) is 45.5 Å². The summed E-state index contributed by atoms with van der Waals surface area (Å²) in [6.45, 7) is 2.02. The average molecular weight is 283 g/mol. The van der Waals surface area contributed by atoms with E-state index in [-0.39, 0.29) is 0 Å². The van der Waals surface area contributed by atoms with Gasteiger partial charge in [0.15, 0.2) is 5.65 Å². The molecule has 3 rings (SSSR count). The fourth-order valence-electron chi connectivity index (χ4n) is 1.83. The summed E-state index contributed by atoms with van der Waals surface area (Å²) in [5.74, 6) is 0. The molecule has 3 aromatic heterocycles. The van der Waals surface area contributed by atoms with Gasteiger partial charge in [0, 0.05) is 11.9 Å². The number of fused-ring (bicyclic) bond motifs is 1. The van der Waals surface area contributed by atoms with Crippen molar-refractivity contribution in [3.8, 4) is 10.6 Å². The summed E-state index contributed by atoms with van der Waals surface area (Å²) in [6.07, 6.45) is 1.84. The van der Waals surface area contributed by atoms with E-state index in [2.05, 4.69) is 11.1 Å². The van der Waals surface area contributed by atoms with Gasteiger partial charge in [-0.2, -0.15) is 0 Å². The molecule has 0 radical (unpaired) electrons. The highest BCUT2D eigenvalue weighted by molar-refractivity contribution is 7.13. The maximum absolute atomic E-state index is 6.14. The molecule has 0 N–H and O–H groups in total. The van der Waals surface area contributed by atoms with Gasteiger partial charge in [-0.1, -0.05) is 29.3 Å². The van der Waals surface area contributed by atoms with Crippen molar-refractivity contribution >= 4 is 40.2 Å². The van der Waals surface area contributed by atoms with Crippen LogP contribution in [0, 0.1) is 6.92 Å². The van der Waals surface area contributed by atoms with E-state index in [1.54, 1.807) is 17.4 Å². The van der Waals surface area contributed by atoms with Gasteiger partial charge in [0.1, 0.15) is 5.69 Å². The minimum absolute atomic E-state index is 0.573. The third-order valence-electron chi connectivity index (χ3n) is 2.64. The zero-order valence-corrected chi connectivity index (χ0v) is 11.3. The van der Waals surface area contributed by atoms with Crippen LogP contribution in [0.2, 0.25) is 10.0 Å². The summed E-state index contributed by atoms with van der Waals surface area (Å²) < 4.78 is 1.93. The molecule has 3 aromatic rings. The first-order valence-corrected chi connectivity index (χ1v) is 6.68. The molecule has 0 atom stereocenters. The van der Waals surface area contributed by atoms with E-state index in [4.69, 9.17) is 23.2 Å². The summed E-state index contributed by atoms with van der Waals surface area (Å²) >= 11 is 13.8. The number of pyridine rings is 1. The monoisotopic (exact) mass is 282 g/mol. The van der Waals surface area contributed by atoms with Crippen molar-refractivity contribution < 1.29 is 0 Å². The zero-order valence-electron chi connectivity index (χ0n) is 8.95. The second-order valence-corrected chi connectivity index (χ2v) is 5.51. The molecule has 0 fully saturated rings. The molecule has 0 saturated carbocycles. The van der Waals surface area contributed by atoms with E-state index in [0.29, 0.717) is 10.0 Å². The van der Waals surface area contributed by atoms with Crippen LogP contribution < -0.4 is 0 Å². The van der Waals surface area contributed by atoms with Crippen molar-refractivity contribution in [2.45, 2.75) is 6.92 Å². The molecule has 0 bridgehead atoms. The van der Waals surface area contributed by atoms with Gasteiger partial charge in [-0.15, -0.1) is 11.3 Å². The zero-order chi connectivity index (χ0) is 12.0. The van der Waals surface area contributed by atoms with E-state index >= 15 is 0 Å². The maximum Gasteiger partial charge on any atom is 0.156 e. The molecule has 17 heavy (non-hydrogen) atoms. The Morgan fingerprint density at radius 1 is 1.35 bits per heavy atom. The fourth-order valence-corrected chi connectivity index (χ4v) is 3.11. The van der Waals surface area contributed by atoms with Gasteiger partial charge in [-0.25, -0.2) is 4.98 Å². The van der Waals surface area contributed by atoms with Gasteiger partial charge in [0.25, 0.3) is 0 Å².